The van der Waals surface area contributed by atoms with Crippen molar-refractivity contribution in [2.75, 3.05) is 11.9 Å². The molecular formula is C24H24F3N7O2. The van der Waals surface area contributed by atoms with Gasteiger partial charge in [0.2, 0.25) is 11.8 Å². The summed E-state index contributed by atoms with van der Waals surface area (Å²) in [5, 5.41) is 22.0. The predicted molar refractivity (Wildman–Crippen MR) is 123 cm³/mol. The Morgan fingerprint density at radius 1 is 1.14 bits per heavy atom. The van der Waals surface area contributed by atoms with Crippen LogP contribution in [0.15, 0.2) is 55.1 Å². The summed E-state index contributed by atoms with van der Waals surface area (Å²) in [7, 11) is 0. The van der Waals surface area contributed by atoms with Crippen molar-refractivity contribution >= 4 is 11.6 Å². The normalized spacial score (nSPS) is 19.2. The van der Waals surface area contributed by atoms with E-state index in [1.807, 2.05) is 28.8 Å². The molecule has 0 amide bonds. The topological polar surface area (TPSA) is 110 Å². The quantitative estimate of drug-likeness (QED) is 0.390. The number of alkyl halides is 3. The Kier molecular flexibility index (Phi) is 6.68. The van der Waals surface area contributed by atoms with Crippen LogP contribution < -0.4 is 10.1 Å². The van der Waals surface area contributed by atoms with Crippen molar-refractivity contribution in [2.24, 2.45) is 0 Å². The number of halogens is 3. The van der Waals surface area contributed by atoms with Crippen LogP contribution in [0.3, 0.4) is 0 Å². The largest absolute Gasteiger partial charge is 0.474 e. The molecule has 1 aliphatic rings. The lowest BCUT2D eigenvalue weighted by atomic mass is 9.85. The summed E-state index contributed by atoms with van der Waals surface area (Å²) >= 11 is 0. The van der Waals surface area contributed by atoms with E-state index >= 15 is 0 Å². The third kappa shape index (κ3) is 5.23. The zero-order chi connectivity index (χ0) is 25.1. The lowest BCUT2D eigenvalue weighted by molar-refractivity contribution is -0.139. The monoisotopic (exact) mass is 499 g/mol. The van der Waals surface area contributed by atoms with Gasteiger partial charge in [-0.1, -0.05) is 18.6 Å². The fraction of sp³-hybridized carbons (Fsp3) is 0.375. The number of aliphatic hydroxyl groups is 1. The predicted octanol–water partition coefficient (Wildman–Crippen LogP) is 4.18. The molecule has 0 unspecified atom stereocenters. The highest BCUT2D eigenvalue weighted by Crippen LogP contribution is 2.37. The SMILES string of the molecule is O[C@@H](COc1nc(N[C@@H]2CCC[C@H](c3nnc4ccccn34)C2)ncc1C(F)(F)F)c1cccnc1. The first-order valence-corrected chi connectivity index (χ1v) is 11.6. The number of ether oxygens (including phenoxy) is 1. The Morgan fingerprint density at radius 3 is 2.83 bits per heavy atom. The number of nitrogens with zero attached hydrogens (tertiary/aromatic N) is 6. The molecule has 1 fully saturated rings. The van der Waals surface area contributed by atoms with Gasteiger partial charge in [-0.2, -0.15) is 18.2 Å². The minimum absolute atomic E-state index is 0.0330. The minimum atomic E-state index is -4.71. The smallest absolute Gasteiger partial charge is 0.423 e. The fourth-order valence-corrected chi connectivity index (χ4v) is 4.44. The number of hydrogen-bond donors (Lipinski definition) is 2. The van der Waals surface area contributed by atoms with Gasteiger partial charge in [0.15, 0.2) is 5.65 Å². The molecular weight excluding hydrogens is 475 g/mol. The average Bonchev–Trinajstić information content (AvgIpc) is 3.32. The molecule has 4 aromatic heterocycles. The number of nitrogens with one attached hydrogen (secondary N) is 1. The highest BCUT2D eigenvalue weighted by atomic mass is 19.4. The lowest BCUT2D eigenvalue weighted by Gasteiger charge is -2.29. The van der Waals surface area contributed by atoms with Crippen LogP contribution in [0.1, 0.15) is 54.7 Å². The lowest BCUT2D eigenvalue weighted by Crippen LogP contribution is -2.28. The van der Waals surface area contributed by atoms with Gasteiger partial charge in [0.25, 0.3) is 0 Å². The summed E-state index contributed by atoms with van der Waals surface area (Å²) in [6, 6.07) is 8.86. The number of aromatic nitrogens is 6. The molecule has 0 spiro atoms. The first-order chi connectivity index (χ1) is 17.4. The van der Waals surface area contributed by atoms with Gasteiger partial charge in [0, 0.05) is 42.3 Å². The second-order valence-electron chi connectivity index (χ2n) is 8.72. The molecule has 1 saturated carbocycles. The van der Waals surface area contributed by atoms with Crippen molar-refractivity contribution < 1.29 is 23.0 Å². The summed E-state index contributed by atoms with van der Waals surface area (Å²) in [5.41, 5.74) is 0.0829. The third-order valence-electron chi connectivity index (χ3n) is 6.22. The van der Waals surface area contributed by atoms with E-state index in [0.29, 0.717) is 18.2 Å². The van der Waals surface area contributed by atoms with E-state index in [9.17, 15) is 18.3 Å². The van der Waals surface area contributed by atoms with E-state index < -0.39 is 30.3 Å². The van der Waals surface area contributed by atoms with Crippen molar-refractivity contribution in [1.82, 2.24) is 29.5 Å². The Bertz CT molecular complexity index is 1320. The first kappa shape index (κ1) is 23.9. The van der Waals surface area contributed by atoms with Crippen molar-refractivity contribution in [2.45, 2.75) is 49.9 Å². The van der Waals surface area contributed by atoms with E-state index in [4.69, 9.17) is 4.74 Å². The van der Waals surface area contributed by atoms with Crippen molar-refractivity contribution in [3.05, 3.63) is 72.1 Å². The summed E-state index contributed by atoms with van der Waals surface area (Å²) in [6.45, 7) is -0.420. The molecule has 36 heavy (non-hydrogen) atoms. The fourth-order valence-electron chi connectivity index (χ4n) is 4.44. The van der Waals surface area contributed by atoms with E-state index in [1.165, 1.54) is 12.4 Å². The van der Waals surface area contributed by atoms with Crippen LogP contribution in [0.25, 0.3) is 5.65 Å². The second kappa shape index (κ2) is 10.1. The van der Waals surface area contributed by atoms with E-state index in [2.05, 4.69) is 30.5 Å². The summed E-state index contributed by atoms with van der Waals surface area (Å²) in [6.07, 6.45) is 3.06. The minimum Gasteiger partial charge on any atom is -0.474 e. The van der Waals surface area contributed by atoms with Gasteiger partial charge in [0.1, 0.15) is 24.1 Å². The van der Waals surface area contributed by atoms with Gasteiger partial charge in [-0.25, -0.2) is 4.98 Å². The highest BCUT2D eigenvalue weighted by Gasteiger charge is 2.37. The van der Waals surface area contributed by atoms with Gasteiger partial charge in [-0.05, 0) is 37.5 Å². The van der Waals surface area contributed by atoms with Crippen LogP contribution in [0.5, 0.6) is 5.88 Å². The Balaban J connectivity index is 1.31. The Hall–Kier alpha value is -3.80. The van der Waals surface area contributed by atoms with E-state index in [1.54, 1.807) is 12.1 Å². The van der Waals surface area contributed by atoms with Gasteiger partial charge in [-0.3, -0.25) is 9.38 Å². The number of rotatable bonds is 7. The molecule has 0 saturated heterocycles. The molecule has 4 heterocycles. The van der Waals surface area contributed by atoms with Crippen LogP contribution in [0.2, 0.25) is 0 Å². The Labute approximate surface area is 204 Å². The molecule has 0 aliphatic heterocycles. The molecule has 1 aliphatic carbocycles. The van der Waals surface area contributed by atoms with E-state index in [-0.39, 0.29) is 17.9 Å². The number of aliphatic hydroxyl groups excluding tert-OH is 1. The zero-order valence-electron chi connectivity index (χ0n) is 19.1. The van der Waals surface area contributed by atoms with Gasteiger partial charge in [0.05, 0.1) is 0 Å². The summed E-state index contributed by atoms with van der Waals surface area (Å²) < 4.78 is 47.9. The second-order valence-corrected chi connectivity index (χ2v) is 8.72. The molecule has 9 nitrogen and oxygen atoms in total. The maximum atomic E-state index is 13.6. The van der Waals surface area contributed by atoms with Crippen LogP contribution >= 0.6 is 0 Å². The van der Waals surface area contributed by atoms with E-state index in [0.717, 1.165) is 30.7 Å². The number of anilines is 1. The number of pyridine rings is 2. The third-order valence-corrected chi connectivity index (χ3v) is 6.22. The molecule has 0 radical (unpaired) electrons. The van der Waals surface area contributed by atoms with Gasteiger partial charge in [-0.15, -0.1) is 10.2 Å². The Morgan fingerprint density at radius 2 is 2.03 bits per heavy atom. The van der Waals surface area contributed by atoms with Crippen molar-refractivity contribution in [3.8, 4) is 5.88 Å². The average molecular weight is 499 g/mol. The van der Waals surface area contributed by atoms with Crippen molar-refractivity contribution in [3.63, 3.8) is 0 Å². The molecule has 188 valence electrons. The van der Waals surface area contributed by atoms with Crippen LogP contribution in [0.4, 0.5) is 19.1 Å². The molecule has 0 bridgehead atoms. The zero-order valence-corrected chi connectivity index (χ0v) is 19.1. The summed E-state index contributed by atoms with van der Waals surface area (Å²) in [5.74, 6) is 0.386. The molecule has 5 rings (SSSR count). The van der Waals surface area contributed by atoms with Crippen LogP contribution in [-0.4, -0.2) is 47.3 Å². The van der Waals surface area contributed by atoms with Crippen LogP contribution in [0, 0.1) is 0 Å². The number of hydrogen-bond acceptors (Lipinski definition) is 8. The highest BCUT2D eigenvalue weighted by molar-refractivity contribution is 5.38. The molecule has 3 atom stereocenters. The maximum Gasteiger partial charge on any atom is 0.423 e. The van der Waals surface area contributed by atoms with Gasteiger partial charge >= 0.3 is 6.18 Å². The standard InChI is InChI=1S/C24H24F3N7O2/c25-24(26,27)18-13-29-23(31-22(18)36-14-19(35)16-6-4-9-28-12-16)30-17-7-3-5-15(11-17)21-33-32-20-8-1-2-10-34(20)21/h1-2,4,6,8-10,12-13,15,17,19,35H,3,5,7,11,14H2,(H,29,30,31)/t15-,17+,19-/m0/s1. The molecule has 2 N–H and O–H groups in total. The van der Waals surface area contributed by atoms with Crippen LogP contribution in [-0.2, 0) is 6.18 Å². The van der Waals surface area contributed by atoms with Gasteiger partial charge < -0.3 is 15.2 Å². The summed E-state index contributed by atoms with van der Waals surface area (Å²) in [4.78, 5) is 11.8. The molecule has 4 aromatic rings. The first-order valence-electron chi connectivity index (χ1n) is 11.6. The molecule has 12 heteroatoms. The number of fused-ring (bicyclic) bond motifs is 1. The van der Waals surface area contributed by atoms with Crippen molar-refractivity contribution in [1.29, 1.82) is 0 Å². The molecule has 0 aromatic carbocycles. The maximum absolute atomic E-state index is 13.6.